The van der Waals surface area contributed by atoms with Crippen molar-refractivity contribution in [1.29, 1.82) is 0 Å². The Labute approximate surface area is 141 Å². The van der Waals surface area contributed by atoms with Crippen molar-refractivity contribution in [3.8, 4) is 0 Å². The summed E-state index contributed by atoms with van der Waals surface area (Å²) in [4.78, 5) is 15.3. The molecule has 0 aliphatic heterocycles. The summed E-state index contributed by atoms with van der Waals surface area (Å²) in [7, 11) is 0. The van der Waals surface area contributed by atoms with Crippen LogP contribution in [0.15, 0.2) is 24.3 Å². The monoisotopic (exact) mass is 335 g/mol. The van der Waals surface area contributed by atoms with E-state index in [0.717, 1.165) is 42.0 Å². The predicted octanol–water partition coefficient (Wildman–Crippen LogP) is 3.53. The van der Waals surface area contributed by atoms with Crippen molar-refractivity contribution >= 4 is 23.3 Å². The summed E-state index contributed by atoms with van der Waals surface area (Å²) in [6.45, 7) is 2.74. The second kappa shape index (κ2) is 8.02. The van der Waals surface area contributed by atoms with Crippen LogP contribution in [0.1, 0.15) is 43.3 Å². The number of hydrogen-bond acceptors (Lipinski definition) is 3. The number of benzene rings is 1. The Morgan fingerprint density at radius 3 is 2.61 bits per heavy atom. The van der Waals surface area contributed by atoms with Crippen LogP contribution in [-0.2, 0) is 24.2 Å². The number of carbonyl (C=O) groups is 1. The van der Waals surface area contributed by atoms with E-state index in [1.807, 2.05) is 28.8 Å². The van der Waals surface area contributed by atoms with E-state index in [2.05, 4.69) is 11.9 Å². The molecule has 2 rings (SSSR count). The Kier molecular flexibility index (Phi) is 6.04. The average Bonchev–Trinajstić information content (AvgIpc) is 2.80. The van der Waals surface area contributed by atoms with Crippen molar-refractivity contribution in [2.75, 3.05) is 5.73 Å². The molecule has 23 heavy (non-hydrogen) atoms. The van der Waals surface area contributed by atoms with E-state index in [-0.39, 0.29) is 6.42 Å². The zero-order valence-electron chi connectivity index (χ0n) is 13.3. The number of aryl methyl sites for hydroxylation is 1. The van der Waals surface area contributed by atoms with Crippen LogP contribution in [0, 0.1) is 0 Å². The molecule has 0 unspecified atom stereocenters. The van der Waals surface area contributed by atoms with E-state index < -0.39 is 5.97 Å². The summed E-state index contributed by atoms with van der Waals surface area (Å²) in [5.74, 6) is 0.0745. The number of carboxylic acid groups (broad SMARTS) is 1. The zero-order chi connectivity index (χ0) is 16.8. The standard InChI is InChI=1S/C17H22ClN3O2/c1-2-3-4-15-20-17(18)14(9-10-16(22)23)21(15)11-12-5-7-13(19)8-6-12/h5-8H,2-4,9-11,19H2,1H3,(H,22,23). The molecule has 1 aromatic heterocycles. The molecule has 0 spiro atoms. The van der Waals surface area contributed by atoms with Crippen LogP contribution in [0.25, 0.3) is 0 Å². The molecule has 124 valence electrons. The van der Waals surface area contributed by atoms with Crippen LogP contribution in [0.3, 0.4) is 0 Å². The van der Waals surface area contributed by atoms with Crippen molar-refractivity contribution in [3.05, 3.63) is 46.5 Å². The molecule has 0 saturated heterocycles. The number of hydrogen-bond donors (Lipinski definition) is 2. The number of imidazole rings is 1. The van der Waals surface area contributed by atoms with Crippen LogP contribution in [0.2, 0.25) is 5.15 Å². The highest BCUT2D eigenvalue weighted by Crippen LogP contribution is 2.22. The SMILES string of the molecule is CCCCc1nc(Cl)c(CCC(=O)O)n1Cc1ccc(N)cc1. The van der Waals surface area contributed by atoms with Crippen LogP contribution < -0.4 is 5.73 Å². The Morgan fingerprint density at radius 1 is 1.30 bits per heavy atom. The first kappa shape index (κ1) is 17.3. The number of anilines is 1. The predicted molar refractivity (Wildman–Crippen MR) is 91.8 cm³/mol. The number of unbranched alkanes of at least 4 members (excludes halogenated alkanes) is 1. The highest BCUT2D eigenvalue weighted by Gasteiger charge is 2.16. The zero-order valence-corrected chi connectivity index (χ0v) is 14.0. The van der Waals surface area contributed by atoms with Gasteiger partial charge < -0.3 is 15.4 Å². The lowest BCUT2D eigenvalue weighted by Gasteiger charge is -2.12. The molecule has 0 bridgehead atoms. The number of aliphatic carboxylic acids is 1. The van der Waals surface area contributed by atoms with Crippen LogP contribution >= 0.6 is 11.6 Å². The largest absolute Gasteiger partial charge is 0.481 e. The molecule has 1 aromatic carbocycles. The van der Waals surface area contributed by atoms with E-state index in [1.165, 1.54) is 0 Å². The maximum absolute atomic E-state index is 10.9. The molecule has 0 saturated carbocycles. The maximum atomic E-state index is 10.9. The van der Waals surface area contributed by atoms with E-state index >= 15 is 0 Å². The molecule has 3 N–H and O–H groups in total. The van der Waals surface area contributed by atoms with E-state index in [1.54, 1.807) is 0 Å². The number of rotatable bonds is 8. The van der Waals surface area contributed by atoms with Gasteiger partial charge in [-0.2, -0.15) is 0 Å². The van der Waals surface area contributed by atoms with Crippen molar-refractivity contribution < 1.29 is 9.90 Å². The van der Waals surface area contributed by atoms with E-state index in [0.29, 0.717) is 18.1 Å². The first-order chi connectivity index (χ1) is 11.0. The van der Waals surface area contributed by atoms with Gasteiger partial charge in [-0.15, -0.1) is 0 Å². The minimum absolute atomic E-state index is 0.0420. The van der Waals surface area contributed by atoms with Crippen molar-refractivity contribution in [1.82, 2.24) is 9.55 Å². The third-order valence-corrected chi connectivity index (χ3v) is 4.06. The Morgan fingerprint density at radius 2 is 2.00 bits per heavy atom. The van der Waals surface area contributed by atoms with Gasteiger partial charge >= 0.3 is 5.97 Å². The molecule has 0 radical (unpaired) electrons. The molecule has 1 heterocycles. The second-order valence-electron chi connectivity index (χ2n) is 5.59. The van der Waals surface area contributed by atoms with E-state index in [4.69, 9.17) is 22.4 Å². The van der Waals surface area contributed by atoms with Crippen LogP contribution in [0.5, 0.6) is 0 Å². The lowest BCUT2D eigenvalue weighted by Crippen LogP contribution is -2.10. The van der Waals surface area contributed by atoms with Gasteiger partial charge in [-0.3, -0.25) is 4.79 Å². The number of nitrogens with zero attached hydrogens (tertiary/aromatic N) is 2. The maximum Gasteiger partial charge on any atom is 0.303 e. The number of halogens is 1. The number of nitrogen functional groups attached to an aromatic ring is 1. The summed E-state index contributed by atoms with van der Waals surface area (Å²) in [5.41, 5.74) is 8.32. The minimum atomic E-state index is -0.837. The first-order valence-corrected chi connectivity index (χ1v) is 8.19. The fourth-order valence-electron chi connectivity index (χ4n) is 2.49. The van der Waals surface area contributed by atoms with Gasteiger partial charge in [0.25, 0.3) is 0 Å². The molecular formula is C17H22ClN3O2. The van der Waals surface area contributed by atoms with Crippen molar-refractivity contribution in [2.45, 2.75) is 45.6 Å². The quantitative estimate of drug-likeness (QED) is 0.723. The Bertz CT molecular complexity index is 665. The first-order valence-electron chi connectivity index (χ1n) is 7.81. The third kappa shape index (κ3) is 4.73. The molecule has 2 aromatic rings. The van der Waals surface area contributed by atoms with Gasteiger partial charge in [-0.25, -0.2) is 4.98 Å². The highest BCUT2D eigenvalue weighted by molar-refractivity contribution is 6.30. The Balaban J connectivity index is 2.30. The normalized spacial score (nSPS) is 10.9. The van der Waals surface area contributed by atoms with Crippen molar-refractivity contribution in [2.24, 2.45) is 0 Å². The van der Waals surface area contributed by atoms with Gasteiger partial charge in [0, 0.05) is 25.1 Å². The molecule has 6 heteroatoms. The highest BCUT2D eigenvalue weighted by atomic mass is 35.5. The van der Waals surface area contributed by atoms with Gasteiger partial charge in [-0.05, 0) is 24.1 Å². The molecule has 0 fully saturated rings. The fraction of sp³-hybridized carbons (Fsp3) is 0.412. The van der Waals surface area contributed by atoms with Gasteiger partial charge in [0.2, 0.25) is 0 Å². The molecule has 5 nitrogen and oxygen atoms in total. The molecule has 0 amide bonds. The number of carboxylic acids is 1. The topological polar surface area (TPSA) is 81.1 Å². The summed E-state index contributed by atoms with van der Waals surface area (Å²) >= 11 is 6.26. The lowest BCUT2D eigenvalue weighted by molar-refractivity contribution is -0.136. The Hall–Kier alpha value is -2.01. The van der Waals surface area contributed by atoms with Crippen LogP contribution in [0.4, 0.5) is 5.69 Å². The lowest BCUT2D eigenvalue weighted by atomic mass is 10.1. The smallest absolute Gasteiger partial charge is 0.303 e. The fourth-order valence-corrected chi connectivity index (χ4v) is 2.78. The van der Waals surface area contributed by atoms with Crippen molar-refractivity contribution in [3.63, 3.8) is 0 Å². The summed E-state index contributed by atoms with van der Waals surface area (Å²) in [6.07, 6.45) is 3.34. The minimum Gasteiger partial charge on any atom is -0.481 e. The van der Waals surface area contributed by atoms with Gasteiger partial charge in [0.05, 0.1) is 12.1 Å². The van der Waals surface area contributed by atoms with Gasteiger partial charge in [-0.1, -0.05) is 37.1 Å². The average molecular weight is 336 g/mol. The molecule has 0 aliphatic rings. The molecular weight excluding hydrogens is 314 g/mol. The molecule has 0 aliphatic carbocycles. The van der Waals surface area contributed by atoms with Gasteiger partial charge in [0.15, 0.2) is 5.15 Å². The summed E-state index contributed by atoms with van der Waals surface area (Å²) < 4.78 is 2.05. The molecule has 0 atom stereocenters. The third-order valence-electron chi connectivity index (χ3n) is 3.75. The van der Waals surface area contributed by atoms with Crippen LogP contribution in [-0.4, -0.2) is 20.6 Å². The number of nitrogens with two attached hydrogens (primary N) is 1. The number of aromatic nitrogens is 2. The van der Waals surface area contributed by atoms with E-state index in [9.17, 15) is 4.79 Å². The van der Waals surface area contributed by atoms with Gasteiger partial charge in [0.1, 0.15) is 5.82 Å². The summed E-state index contributed by atoms with van der Waals surface area (Å²) in [6, 6.07) is 7.65. The second-order valence-corrected chi connectivity index (χ2v) is 5.95. The summed E-state index contributed by atoms with van der Waals surface area (Å²) in [5, 5.41) is 9.35.